The predicted octanol–water partition coefficient (Wildman–Crippen LogP) is 2.69. The minimum atomic E-state index is -0.615. The molecule has 24 heavy (non-hydrogen) atoms. The summed E-state index contributed by atoms with van der Waals surface area (Å²) >= 11 is 0. The number of H-pyrrole nitrogens is 1. The van der Waals surface area contributed by atoms with E-state index in [2.05, 4.69) is 17.2 Å². The molecule has 1 fully saturated rings. The highest BCUT2D eigenvalue weighted by Crippen LogP contribution is 2.23. The van der Waals surface area contributed by atoms with E-state index in [1.165, 1.54) is 6.92 Å². The normalized spacial score (nSPS) is 20.5. The monoisotopic (exact) mass is 334 g/mol. The maximum atomic E-state index is 12.1. The average molecular weight is 334 g/mol. The van der Waals surface area contributed by atoms with E-state index in [0.717, 1.165) is 25.7 Å². The van der Waals surface area contributed by atoms with Gasteiger partial charge in [-0.2, -0.15) is 0 Å². The van der Waals surface area contributed by atoms with Crippen molar-refractivity contribution < 1.29 is 19.1 Å². The molecule has 0 radical (unpaired) electrons. The van der Waals surface area contributed by atoms with Gasteiger partial charge in [-0.05, 0) is 57.9 Å². The Labute approximate surface area is 142 Å². The second-order valence-electron chi connectivity index (χ2n) is 6.78. The van der Waals surface area contributed by atoms with Crippen molar-refractivity contribution in [3.05, 3.63) is 22.5 Å². The molecule has 1 aliphatic rings. The Morgan fingerprint density at radius 2 is 1.79 bits per heavy atom. The Hall–Kier alpha value is -2.11. The molecule has 0 spiro atoms. The van der Waals surface area contributed by atoms with Crippen molar-refractivity contribution in [3.63, 3.8) is 0 Å². The average Bonchev–Trinajstić information content (AvgIpc) is 2.82. The fourth-order valence-electron chi connectivity index (χ4n) is 3.36. The molecule has 2 N–H and O–H groups in total. The molecule has 0 bridgehead atoms. The molecule has 0 unspecified atom stereocenters. The fourth-order valence-corrected chi connectivity index (χ4v) is 3.36. The summed E-state index contributed by atoms with van der Waals surface area (Å²) in [5.74, 6) is -0.291. The molecule has 1 saturated carbocycles. The first-order valence-electron chi connectivity index (χ1n) is 8.46. The van der Waals surface area contributed by atoms with Crippen LogP contribution in [0.4, 0.5) is 0 Å². The molecule has 6 nitrogen and oxygen atoms in total. The highest BCUT2D eigenvalue weighted by Gasteiger charge is 2.23. The summed E-state index contributed by atoms with van der Waals surface area (Å²) < 4.78 is 5.09. The number of amides is 1. The van der Waals surface area contributed by atoms with Crippen LogP contribution in [-0.2, 0) is 9.53 Å². The first kappa shape index (κ1) is 18.2. The Morgan fingerprint density at radius 3 is 2.33 bits per heavy atom. The van der Waals surface area contributed by atoms with E-state index in [0.29, 0.717) is 22.7 Å². The highest BCUT2D eigenvalue weighted by atomic mass is 16.5. The van der Waals surface area contributed by atoms with Crippen LogP contribution in [0.25, 0.3) is 0 Å². The van der Waals surface area contributed by atoms with Gasteiger partial charge in [0.05, 0.1) is 0 Å². The quantitative estimate of drug-likeness (QED) is 0.640. The molecule has 0 aromatic carbocycles. The zero-order valence-corrected chi connectivity index (χ0v) is 14.8. The van der Waals surface area contributed by atoms with Crippen LogP contribution in [0.1, 0.15) is 71.6 Å². The number of Topliss-reactive ketones (excluding diaryl/α,β-unsaturated/α-hetero) is 1. The van der Waals surface area contributed by atoms with Crippen molar-refractivity contribution in [3.8, 4) is 0 Å². The third-order valence-electron chi connectivity index (χ3n) is 4.71. The van der Waals surface area contributed by atoms with Crippen LogP contribution in [0, 0.1) is 19.8 Å². The van der Waals surface area contributed by atoms with Gasteiger partial charge >= 0.3 is 5.97 Å². The van der Waals surface area contributed by atoms with Crippen molar-refractivity contribution >= 4 is 17.7 Å². The summed E-state index contributed by atoms with van der Waals surface area (Å²) in [6.45, 7) is 6.79. The van der Waals surface area contributed by atoms with E-state index in [4.69, 9.17) is 4.74 Å². The van der Waals surface area contributed by atoms with E-state index < -0.39 is 5.97 Å². The summed E-state index contributed by atoms with van der Waals surface area (Å²) in [6, 6.07) is 0.172. The number of nitrogens with one attached hydrogen (secondary N) is 2. The number of carbonyl (C=O) groups is 3. The lowest BCUT2D eigenvalue weighted by Gasteiger charge is -2.26. The molecular weight excluding hydrogens is 308 g/mol. The number of hydrogen-bond donors (Lipinski definition) is 2. The molecule has 0 aliphatic heterocycles. The van der Waals surface area contributed by atoms with Gasteiger partial charge in [0, 0.05) is 17.3 Å². The summed E-state index contributed by atoms with van der Waals surface area (Å²) in [5, 5.41) is 2.92. The van der Waals surface area contributed by atoms with E-state index in [1.807, 2.05) is 0 Å². The third-order valence-corrected chi connectivity index (χ3v) is 4.71. The Morgan fingerprint density at radius 1 is 1.17 bits per heavy atom. The number of aromatic amines is 1. The maximum absolute atomic E-state index is 12.1. The van der Waals surface area contributed by atoms with Gasteiger partial charge in [-0.25, -0.2) is 4.79 Å². The van der Waals surface area contributed by atoms with E-state index >= 15 is 0 Å². The first-order chi connectivity index (χ1) is 11.3. The fraction of sp³-hybridized carbons (Fsp3) is 0.611. The van der Waals surface area contributed by atoms with Gasteiger partial charge in [-0.1, -0.05) is 6.92 Å². The van der Waals surface area contributed by atoms with Crippen LogP contribution in [0.5, 0.6) is 0 Å². The van der Waals surface area contributed by atoms with Crippen LogP contribution in [0.15, 0.2) is 0 Å². The Kier molecular flexibility index (Phi) is 5.80. The van der Waals surface area contributed by atoms with Crippen LogP contribution >= 0.6 is 0 Å². The zero-order valence-electron chi connectivity index (χ0n) is 14.8. The summed E-state index contributed by atoms with van der Waals surface area (Å²) in [5.41, 5.74) is 1.93. The molecule has 1 aromatic heterocycles. The van der Waals surface area contributed by atoms with Gasteiger partial charge in [-0.3, -0.25) is 9.59 Å². The van der Waals surface area contributed by atoms with Gasteiger partial charge in [-0.15, -0.1) is 0 Å². The molecule has 1 heterocycles. The van der Waals surface area contributed by atoms with Crippen LogP contribution < -0.4 is 5.32 Å². The van der Waals surface area contributed by atoms with Gasteiger partial charge in [0.15, 0.2) is 12.4 Å². The van der Waals surface area contributed by atoms with Crippen molar-refractivity contribution in [2.24, 2.45) is 5.92 Å². The van der Waals surface area contributed by atoms with Gasteiger partial charge in [0.25, 0.3) is 5.91 Å². The smallest absolute Gasteiger partial charge is 0.355 e. The lowest BCUT2D eigenvalue weighted by molar-refractivity contribution is -0.125. The summed E-state index contributed by atoms with van der Waals surface area (Å²) in [7, 11) is 0. The standard InChI is InChI=1S/C18H26N2O4/c1-10-5-7-14(8-6-10)20-15(22)9-24-18(23)17-11(2)16(13(4)21)12(3)19-17/h10,14,19H,5-9H2,1-4H3,(H,20,22). The topological polar surface area (TPSA) is 88.3 Å². The number of hydrogen-bond acceptors (Lipinski definition) is 4. The Bertz CT molecular complexity index is 640. The third kappa shape index (κ3) is 4.24. The maximum Gasteiger partial charge on any atom is 0.355 e. The molecular formula is C18H26N2O4. The minimum absolute atomic E-state index is 0.107. The molecule has 1 aromatic rings. The molecule has 0 atom stereocenters. The minimum Gasteiger partial charge on any atom is -0.451 e. The molecule has 1 amide bonds. The molecule has 0 saturated heterocycles. The molecule has 2 rings (SSSR count). The number of aromatic nitrogens is 1. The molecule has 1 aliphatic carbocycles. The Balaban J connectivity index is 1.88. The SMILES string of the molecule is CC(=O)c1c(C)[nH]c(C(=O)OCC(=O)NC2CCC(C)CC2)c1C. The van der Waals surface area contributed by atoms with E-state index in [9.17, 15) is 14.4 Å². The van der Waals surface area contributed by atoms with Crippen LogP contribution in [0.2, 0.25) is 0 Å². The van der Waals surface area contributed by atoms with E-state index in [1.54, 1.807) is 13.8 Å². The predicted molar refractivity (Wildman–Crippen MR) is 90.1 cm³/mol. The summed E-state index contributed by atoms with van der Waals surface area (Å²) in [6.07, 6.45) is 4.16. The van der Waals surface area contributed by atoms with Crippen molar-refractivity contribution in [1.29, 1.82) is 0 Å². The lowest BCUT2D eigenvalue weighted by Crippen LogP contribution is -2.39. The summed E-state index contributed by atoms with van der Waals surface area (Å²) in [4.78, 5) is 38.6. The number of esters is 1. The second kappa shape index (κ2) is 7.64. The van der Waals surface area contributed by atoms with Crippen molar-refractivity contribution in [2.75, 3.05) is 6.61 Å². The zero-order chi connectivity index (χ0) is 17.9. The number of aryl methyl sites for hydroxylation is 1. The van der Waals surface area contributed by atoms with Crippen molar-refractivity contribution in [2.45, 2.75) is 59.4 Å². The van der Waals surface area contributed by atoms with Gasteiger partial charge in [0.1, 0.15) is 5.69 Å². The number of ether oxygens (including phenoxy) is 1. The van der Waals surface area contributed by atoms with Crippen LogP contribution in [0.3, 0.4) is 0 Å². The van der Waals surface area contributed by atoms with Gasteiger partial charge < -0.3 is 15.0 Å². The lowest BCUT2D eigenvalue weighted by atomic mass is 9.87. The first-order valence-corrected chi connectivity index (χ1v) is 8.46. The second-order valence-corrected chi connectivity index (χ2v) is 6.78. The van der Waals surface area contributed by atoms with Crippen molar-refractivity contribution in [1.82, 2.24) is 10.3 Å². The molecule has 6 heteroatoms. The highest BCUT2D eigenvalue weighted by molar-refractivity contribution is 6.01. The largest absolute Gasteiger partial charge is 0.451 e. The van der Waals surface area contributed by atoms with Crippen LogP contribution in [-0.4, -0.2) is 35.3 Å². The number of carbonyl (C=O) groups excluding carboxylic acids is 3. The number of ketones is 1. The van der Waals surface area contributed by atoms with Gasteiger partial charge in [0.2, 0.25) is 0 Å². The number of rotatable bonds is 5. The van der Waals surface area contributed by atoms with E-state index in [-0.39, 0.29) is 30.0 Å². The molecule has 132 valence electrons.